The second-order valence-corrected chi connectivity index (χ2v) is 9.74. The van der Waals surface area contributed by atoms with Crippen LogP contribution in [0, 0.1) is 0 Å². The average Bonchev–Trinajstić information content (AvgIpc) is 3.33. The maximum absolute atomic E-state index is 6.64. The van der Waals surface area contributed by atoms with Crippen molar-refractivity contribution in [3.8, 4) is 5.69 Å². The van der Waals surface area contributed by atoms with Gasteiger partial charge >= 0.3 is 0 Å². The molecule has 0 aliphatic carbocycles. The van der Waals surface area contributed by atoms with Gasteiger partial charge in [-0.2, -0.15) is 0 Å². The van der Waals surface area contributed by atoms with Crippen LogP contribution < -0.4 is 0 Å². The second kappa shape index (κ2) is 8.22. The maximum atomic E-state index is 6.64. The number of benzene rings is 6. The first-order valence-corrected chi connectivity index (χ1v) is 13.0. The predicted octanol–water partition coefficient (Wildman–Crippen LogP) is 10.1. The van der Waals surface area contributed by atoms with E-state index in [1.807, 2.05) is 12.1 Å². The highest BCUT2D eigenvalue weighted by molar-refractivity contribution is 6.19. The quantitative estimate of drug-likeness (QED) is 0.226. The molecular weight excluding hydrogens is 462 g/mol. The molecule has 2 heteroatoms. The minimum atomic E-state index is 0.855. The number of aromatic nitrogens is 1. The fourth-order valence-electron chi connectivity index (χ4n) is 5.96. The molecule has 0 saturated heterocycles. The van der Waals surface area contributed by atoms with Crippen molar-refractivity contribution < 1.29 is 4.42 Å². The fraction of sp³-hybridized carbons (Fsp3) is 0. The van der Waals surface area contributed by atoms with Gasteiger partial charge in [0.25, 0.3) is 0 Å². The van der Waals surface area contributed by atoms with Crippen LogP contribution in [0.5, 0.6) is 0 Å². The van der Waals surface area contributed by atoms with Crippen molar-refractivity contribution in [2.45, 2.75) is 0 Å². The van der Waals surface area contributed by atoms with Gasteiger partial charge in [0.2, 0.25) is 0 Å². The van der Waals surface area contributed by atoms with Gasteiger partial charge in [-0.25, -0.2) is 0 Å². The molecule has 38 heavy (non-hydrogen) atoms. The van der Waals surface area contributed by atoms with Gasteiger partial charge in [0, 0.05) is 27.2 Å². The van der Waals surface area contributed by atoms with E-state index in [1.54, 1.807) is 0 Å². The summed E-state index contributed by atoms with van der Waals surface area (Å²) in [4.78, 5) is 0. The Morgan fingerprint density at radius 3 is 1.37 bits per heavy atom. The van der Waals surface area contributed by atoms with Gasteiger partial charge in [0.15, 0.2) is 0 Å². The van der Waals surface area contributed by atoms with E-state index in [4.69, 9.17) is 4.42 Å². The normalized spacial score (nSPS) is 11.7. The predicted molar refractivity (Wildman–Crippen MR) is 161 cm³/mol. The Morgan fingerprint density at radius 1 is 0.342 bits per heavy atom. The minimum absolute atomic E-state index is 0.855. The third kappa shape index (κ3) is 3.07. The van der Waals surface area contributed by atoms with E-state index in [0.29, 0.717) is 0 Å². The third-order valence-electron chi connectivity index (χ3n) is 7.63. The highest BCUT2D eigenvalue weighted by Crippen LogP contribution is 2.36. The summed E-state index contributed by atoms with van der Waals surface area (Å²) in [6, 6.07) is 49.5. The van der Waals surface area contributed by atoms with Crippen molar-refractivity contribution in [2.24, 2.45) is 0 Å². The molecule has 6 aromatic carbocycles. The standard InChI is InChI=1S/C36H23NO/c1-2-12-26-25(11-1)27-22-21-24(37-33-17-7-3-13-28(33)29-14-4-8-18-34(29)37)23-32(27)31-16-6-10-20-36(31)38-35-19-9-5-15-30(26)35/h1-23H. The molecule has 2 nitrogen and oxygen atoms in total. The van der Waals surface area contributed by atoms with Gasteiger partial charge in [0.05, 0.1) is 11.0 Å². The molecule has 2 heterocycles. The zero-order chi connectivity index (χ0) is 25.1. The van der Waals surface area contributed by atoms with E-state index in [1.165, 1.54) is 38.0 Å². The second-order valence-electron chi connectivity index (χ2n) is 9.74. The van der Waals surface area contributed by atoms with Crippen molar-refractivity contribution in [3.05, 3.63) is 140 Å². The van der Waals surface area contributed by atoms with Crippen LogP contribution in [0.3, 0.4) is 0 Å². The largest absolute Gasteiger partial charge is 0.456 e. The van der Waals surface area contributed by atoms with Crippen LogP contribution in [-0.2, 0) is 0 Å². The van der Waals surface area contributed by atoms with E-state index < -0.39 is 0 Å². The lowest BCUT2D eigenvalue weighted by Crippen LogP contribution is -1.93. The summed E-state index contributed by atoms with van der Waals surface area (Å²) < 4.78 is 9.02. The van der Waals surface area contributed by atoms with Crippen molar-refractivity contribution in [1.82, 2.24) is 4.57 Å². The molecule has 0 saturated carbocycles. The third-order valence-corrected chi connectivity index (χ3v) is 7.63. The Morgan fingerprint density at radius 2 is 0.763 bits per heavy atom. The molecule has 178 valence electrons. The number of para-hydroxylation sites is 4. The zero-order valence-electron chi connectivity index (χ0n) is 20.6. The van der Waals surface area contributed by atoms with Crippen molar-refractivity contribution in [1.29, 1.82) is 0 Å². The van der Waals surface area contributed by atoms with Gasteiger partial charge in [-0.05, 0) is 57.9 Å². The fourth-order valence-corrected chi connectivity index (χ4v) is 5.96. The Bertz CT molecular complexity index is 2190. The van der Waals surface area contributed by atoms with Crippen molar-refractivity contribution in [3.63, 3.8) is 0 Å². The summed E-state index contributed by atoms with van der Waals surface area (Å²) in [7, 11) is 0. The van der Waals surface area contributed by atoms with Crippen molar-refractivity contribution >= 4 is 65.3 Å². The monoisotopic (exact) mass is 485 g/mol. The van der Waals surface area contributed by atoms with Crippen molar-refractivity contribution in [2.75, 3.05) is 0 Å². The molecule has 8 rings (SSSR count). The summed E-state index contributed by atoms with van der Waals surface area (Å²) in [5.74, 6) is 0. The summed E-state index contributed by atoms with van der Waals surface area (Å²) in [5, 5.41) is 9.41. The molecule has 0 atom stereocenters. The lowest BCUT2D eigenvalue weighted by molar-refractivity contribution is 0.663. The van der Waals surface area contributed by atoms with Crippen LogP contribution in [0.1, 0.15) is 0 Å². The molecular formula is C36H23NO. The number of nitrogens with zero attached hydrogens (tertiary/aromatic N) is 1. The number of rotatable bonds is 1. The van der Waals surface area contributed by atoms with E-state index >= 15 is 0 Å². The molecule has 2 aromatic heterocycles. The first-order chi connectivity index (χ1) is 18.9. The van der Waals surface area contributed by atoms with Gasteiger partial charge in [-0.3, -0.25) is 0 Å². The van der Waals surface area contributed by atoms with E-state index in [-0.39, 0.29) is 0 Å². The minimum Gasteiger partial charge on any atom is -0.456 e. The first-order valence-electron chi connectivity index (χ1n) is 13.0. The van der Waals surface area contributed by atoms with Crippen LogP contribution in [-0.4, -0.2) is 4.57 Å². The zero-order valence-corrected chi connectivity index (χ0v) is 20.6. The summed E-state index contributed by atoms with van der Waals surface area (Å²) >= 11 is 0. The highest BCUT2D eigenvalue weighted by atomic mass is 16.3. The maximum Gasteiger partial charge on any atom is 0.135 e. The summed E-state index contributed by atoms with van der Waals surface area (Å²) in [6.45, 7) is 0. The van der Waals surface area contributed by atoms with E-state index in [0.717, 1.165) is 33.0 Å². The Labute approximate surface area is 219 Å². The molecule has 0 fully saturated rings. The lowest BCUT2D eigenvalue weighted by Gasteiger charge is -2.10. The smallest absolute Gasteiger partial charge is 0.135 e. The highest BCUT2D eigenvalue weighted by Gasteiger charge is 2.13. The molecule has 8 aromatic rings. The molecule has 0 unspecified atom stereocenters. The summed E-state index contributed by atoms with van der Waals surface area (Å²) in [6.07, 6.45) is 0. The Kier molecular flexibility index (Phi) is 4.55. The number of hydrogen-bond acceptors (Lipinski definition) is 1. The topological polar surface area (TPSA) is 18.1 Å². The molecule has 0 bridgehead atoms. The number of fused-ring (bicyclic) bond motifs is 10. The molecule has 0 amide bonds. The Balaban J connectivity index is 1.61. The van der Waals surface area contributed by atoms with Crippen LogP contribution in [0.25, 0.3) is 71.0 Å². The average molecular weight is 486 g/mol. The van der Waals surface area contributed by atoms with Gasteiger partial charge in [-0.1, -0.05) is 103 Å². The van der Waals surface area contributed by atoms with Gasteiger partial charge in [-0.15, -0.1) is 0 Å². The van der Waals surface area contributed by atoms with Crippen LogP contribution in [0.15, 0.2) is 144 Å². The SMILES string of the molecule is c1ccc2c(c1)oc1ccccc1c1cc(-n3c4ccccc4c4ccccc43)ccc1c1ccccc21. The molecule has 0 spiro atoms. The van der Waals surface area contributed by atoms with E-state index in [9.17, 15) is 0 Å². The first kappa shape index (κ1) is 21.0. The van der Waals surface area contributed by atoms with Crippen LogP contribution >= 0.6 is 0 Å². The number of hydrogen-bond donors (Lipinski definition) is 0. The molecule has 0 radical (unpaired) electrons. The van der Waals surface area contributed by atoms with Gasteiger partial charge < -0.3 is 8.98 Å². The molecule has 0 aliphatic rings. The Hall–Kier alpha value is -5.08. The summed E-state index contributed by atoms with van der Waals surface area (Å²) in [5.41, 5.74) is 5.25. The van der Waals surface area contributed by atoms with Gasteiger partial charge in [0.1, 0.15) is 11.2 Å². The lowest BCUT2D eigenvalue weighted by atomic mass is 10.0. The van der Waals surface area contributed by atoms with E-state index in [2.05, 4.69) is 132 Å². The molecule has 0 aliphatic heterocycles. The molecule has 0 N–H and O–H groups in total. The van der Waals surface area contributed by atoms with Crippen LogP contribution in [0.4, 0.5) is 0 Å². The van der Waals surface area contributed by atoms with Crippen LogP contribution in [0.2, 0.25) is 0 Å².